The number of rotatable bonds is 5. The Labute approximate surface area is 129 Å². The Hall–Kier alpha value is -1.05. The summed E-state index contributed by atoms with van der Waals surface area (Å²) in [5, 5.41) is 8.72. The summed E-state index contributed by atoms with van der Waals surface area (Å²) in [6.07, 6.45) is 0. The molecular weight excluding hydrogens is 324 g/mol. The predicted octanol–water partition coefficient (Wildman–Crippen LogP) is 3.15. The number of halogens is 3. The molecule has 0 aliphatic rings. The van der Waals surface area contributed by atoms with Crippen molar-refractivity contribution in [3.63, 3.8) is 0 Å². The Morgan fingerprint density at radius 1 is 1.33 bits per heavy atom. The van der Waals surface area contributed by atoms with Crippen molar-refractivity contribution in [3.05, 3.63) is 34.9 Å². The molecular formula is C13H16ClF2NO3S. The molecule has 0 fully saturated rings. The molecule has 0 heterocycles. The fourth-order valence-electron chi connectivity index (χ4n) is 1.45. The highest BCUT2D eigenvalue weighted by Gasteiger charge is 2.50. The molecule has 0 saturated heterocycles. The second kappa shape index (κ2) is 6.37. The van der Waals surface area contributed by atoms with E-state index in [1.807, 2.05) is 0 Å². The zero-order valence-electron chi connectivity index (χ0n) is 11.7. The molecule has 0 aliphatic carbocycles. The van der Waals surface area contributed by atoms with Crippen LogP contribution in [0.25, 0.3) is 0 Å². The smallest absolute Gasteiger partial charge is 0.376 e. The first-order chi connectivity index (χ1) is 9.48. The third kappa shape index (κ3) is 4.21. The number of nitrogens with one attached hydrogen (secondary N) is 1. The Bertz CT molecular complexity index is 561. The average molecular weight is 340 g/mol. The third-order valence-electron chi connectivity index (χ3n) is 2.65. The van der Waals surface area contributed by atoms with Crippen molar-refractivity contribution in [2.75, 3.05) is 0 Å². The van der Waals surface area contributed by atoms with Gasteiger partial charge in [0.2, 0.25) is 0 Å². The zero-order chi connectivity index (χ0) is 16.4. The van der Waals surface area contributed by atoms with Crippen LogP contribution in [0.2, 0.25) is 5.02 Å². The van der Waals surface area contributed by atoms with Crippen LogP contribution in [0.5, 0.6) is 0 Å². The van der Waals surface area contributed by atoms with Crippen molar-refractivity contribution < 1.29 is 22.9 Å². The van der Waals surface area contributed by atoms with Crippen LogP contribution in [0.4, 0.5) is 8.78 Å². The molecule has 2 N–H and O–H groups in total. The highest BCUT2D eigenvalue weighted by atomic mass is 35.5. The Morgan fingerprint density at radius 2 is 1.86 bits per heavy atom. The van der Waals surface area contributed by atoms with E-state index in [4.69, 9.17) is 16.7 Å². The van der Waals surface area contributed by atoms with E-state index < -0.39 is 33.7 Å². The van der Waals surface area contributed by atoms with Crippen LogP contribution in [-0.2, 0) is 15.8 Å². The number of carboxylic acids is 1. The lowest BCUT2D eigenvalue weighted by atomic mass is 10.0. The third-order valence-corrected chi connectivity index (χ3v) is 4.55. The van der Waals surface area contributed by atoms with Gasteiger partial charge in [0.1, 0.15) is 6.04 Å². The van der Waals surface area contributed by atoms with E-state index in [0.717, 1.165) is 0 Å². The number of alkyl halides is 2. The number of carboxylic acid groups (broad SMARTS) is 1. The molecule has 21 heavy (non-hydrogen) atoms. The minimum absolute atomic E-state index is 0.0261. The second-order valence-electron chi connectivity index (χ2n) is 5.38. The van der Waals surface area contributed by atoms with E-state index in [1.165, 1.54) is 24.3 Å². The lowest BCUT2D eigenvalue weighted by Crippen LogP contribution is -2.47. The second-order valence-corrected chi connectivity index (χ2v) is 7.79. The summed E-state index contributed by atoms with van der Waals surface area (Å²) < 4.78 is 41.4. The van der Waals surface area contributed by atoms with Gasteiger partial charge >= 0.3 is 11.9 Å². The monoisotopic (exact) mass is 339 g/mol. The van der Waals surface area contributed by atoms with Crippen molar-refractivity contribution in [1.82, 2.24) is 4.72 Å². The lowest BCUT2D eigenvalue weighted by Gasteiger charge is -2.28. The summed E-state index contributed by atoms with van der Waals surface area (Å²) in [7, 11) is -1.89. The quantitative estimate of drug-likeness (QED) is 0.866. The minimum atomic E-state index is -4.16. The molecule has 118 valence electrons. The van der Waals surface area contributed by atoms with Crippen LogP contribution < -0.4 is 4.72 Å². The Balaban J connectivity index is 3.29. The highest BCUT2D eigenvalue weighted by Crippen LogP contribution is 2.36. The van der Waals surface area contributed by atoms with Crippen molar-refractivity contribution in [2.45, 2.75) is 37.5 Å². The number of carbonyl (C=O) groups is 1. The average Bonchev–Trinajstić information content (AvgIpc) is 2.35. The first-order valence-electron chi connectivity index (χ1n) is 6.01. The summed E-state index contributed by atoms with van der Waals surface area (Å²) in [5.74, 6) is -6.47. The number of hydrogen-bond acceptors (Lipinski definition) is 2. The van der Waals surface area contributed by atoms with Crippen LogP contribution in [0.1, 0.15) is 32.4 Å². The molecule has 1 aromatic carbocycles. The maximum Gasteiger partial charge on any atom is 0.376 e. The molecule has 0 spiro atoms. The Morgan fingerprint density at radius 3 is 2.29 bits per heavy atom. The van der Waals surface area contributed by atoms with Gasteiger partial charge in [0.15, 0.2) is 0 Å². The first-order valence-corrected chi connectivity index (χ1v) is 7.54. The molecule has 4 nitrogen and oxygen atoms in total. The standard InChI is InChI=1S/C13H16ClF2NO3S/c1-12(2,3)21(20)17-10(13(15,16)11(18)19)8-6-4-5-7-9(8)14/h4-7,10,17H,1-3H3,(H,18,19)/t10-,21?/m0/s1. The van der Waals surface area contributed by atoms with Crippen molar-refractivity contribution in [1.29, 1.82) is 0 Å². The van der Waals surface area contributed by atoms with E-state index in [9.17, 15) is 17.8 Å². The van der Waals surface area contributed by atoms with Crippen LogP contribution in [0, 0.1) is 0 Å². The predicted molar refractivity (Wildman–Crippen MR) is 77.8 cm³/mol. The molecule has 1 rings (SSSR count). The molecule has 0 bridgehead atoms. The fraction of sp³-hybridized carbons (Fsp3) is 0.462. The molecule has 0 aliphatic heterocycles. The van der Waals surface area contributed by atoms with Crippen molar-refractivity contribution >= 4 is 28.6 Å². The van der Waals surface area contributed by atoms with Gasteiger partial charge in [-0.2, -0.15) is 8.78 Å². The van der Waals surface area contributed by atoms with Crippen LogP contribution in [-0.4, -0.2) is 26.0 Å². The molecule has 0 saturated carbocycles. The van der Waals surface area contributed by atoms with Gasteiger partial charge in [-0.25, -0.2) is 13.7 Å². The Kier molecular flexibility index (Phi) is 5.46. The SMILES string of the molecule is CC(C)(C)S(=O)N[C@@H](c1ccccc1Cl)C(F)(F)C(=O)O. The highest BCUT2D eigenvalue weighted by molar-refractivity contribution is 7.84. The first kappa shape index (κ1) is 18.0. The summed E-state index contributed by atoms with van der Waals surface area (Å²) in [6.45, 7) is 4.75. The van der Waals surface area contributed by atoms with Gasteiger partial charge in [-0.3, -0.25) is 0 Å². The minimum Gasteiger partial charge on any atom is -0.477 e. The van der Waals surface area contributed by atoms with Gasteiger partial charge in [0.25, 0.3) is 0 Å². The molecule has 0 aromatic heterocycles. The lowest BCUT2D eigenvalue weighted by molar-refractivity contribution is -0.168. The number of aliphatic carboxylic acids is 1. The summed E-state index contributed by atoms with van der Waals surface area (Å²) in [5.41, 5.74) is -0.121. The number of hydrogen-bond donors (Lipinski definition) is 2. The van der Waals surface area contributed by atoms with Crippen LogP contribution in [0.3, 0.4) is 0 Å². The van der Waals surface area contributed by atoms with E-state index in [1.54, 1.807) is 20.8 Å². The van der Waals surface area contributed by atoms with Gasteiger partial charge < -0.3 is 5.11 Å². The normalized spacial score (nSPS) is 15.5. The largest absolute Gasteiger partial charge is 0.477 e. The van der Waals surface area contributed by atoms with Crippen molar-refractivity contribution in [2.24, 2.45) is 0 Å². The van der Waals surface area contributed by atoms with E-state index >= 15 is 0 Å². The van der Waals surface area contributed by atoms with Crippen molar-refractivity contribution in [3.8, 4) is 0 Å². The topological polar surface area (TPSA) is 66.4 Å². The summed E-state index contributed by atoms with van der Waals surface area (Å²) >= 11 is 5.86. The zero-order valence-corrected chi connectivity index (χ0v) is 13.3. The molecule has 8 heteroatoms. The molecule has 1 aromatic rings. The summed E-state index contributed by atoms with van der Waals surface area (Å²) in [6, 6.07) is 3.63. The van der Waals surface area contributed by atoms with Gasteiger partial charge in [-0.15, -0.1) is 0 Å². The van der Waals surface area contributed by atoms with Crippen LogP contribution >= 0.6 is 11.6 Å². The molecule has 2 atom stereocenters. The van der Waals surface area contributed by atoms with Gasteiger partial charge in [0.05, 0.1) is 15.7 Å². The van der Waals surface area contributed by atoms with E-state index in [-0.39, 0.29) is 10.6 Å². The van der Waals surface area contributed by atoms with E-state index in [0.29, 0.717) is 0 Å². The van der Waals surface area contributed by atoms with Gasteiger partial charge in [-0.1, -0.05) is 29.8 Å². The molecule has 0 amide bonds. The van der Waals surface area contributed by atoms with E-state index in [2.05, 4.69) is 4.72 Å². The van der Waals surface area contributed by atoms with Gasteiger partial charge in [0, 0.05) is 5.02 Å². The summed E-state index contributed by atoms with van der Waals surface area (Å²) in [4.78, 5) is 10.8. The van der Waals surface area contributed by atoms with Crippen LogP contribution in [0.15, 0.2) is 24.3 Å². The maximum atomic E-state index is 14.0. The fourth-order valence-corrected chi connectivity index (χ4v) is 2.54. The molecule has 1 unspecified atom stereocenters. The maximum absolute atomic E-state index is 14.0. The van der Waals surface area contributed by atoms with Gasteiger partial charge in [-0.05, 0) is 32.4 Å². The molecule has 0 radical (unpaired) electrons. The number of benzene rings is 1.